The van der Waals surface area contributed by atoms with Crippen LogP contribution in [0.25, 0.3) is 0 Å². The normalized spacial score (nSPS) is 15.6. The summed E-state index contributed by atoms with van der Waals surface area (Å²) < 4.78 is 1.14. The van der Waals surface area contributed by atoms with Crippen molar-refractivity contribution in [1.82, 2.24) is 0 Å². The van der Waals surface area contributed by atoms with Gasteiger partial charge in [-0.05, 0) is 57.8 Å². The number of phenolic OH excluding ortho intramolecular Hbond substituents is 1. The Labute approximate surface area is 122 Å². The highest BCUT2D eigenvalue weighted by molar-refractivity contribution is 9.11. The van der Waals surface area contributed by atoms with Gasteiger partial charge in [-0.3, -0.25) is 4.99 Å². The summed E-state index contributed by atoms with van der Waals surface area (Å²) >= 11 is 6.53. The van der Waals surface area contributed by atoms with Gasteiger partial charge in [0.25, 0.3) is 0 Å². The highest BCUT2D eigenvalue weighted by Crippen LogP contribution is 2.34. The Kier molecular flexibility index (Phi) is 3.62. The Morgan fingerprint density at radius 2 is 1.78 bits per heavy atom. The zero-order valence-electron chi connectivity index (χ0n) is 9.91. The molecule has 2 N–H and O–H groups in total. The number of amidine groups is 1. The number of halogens is 2. The van der Waals surface area contributed by atoms with Crippen LogP contribution in [0.5, 0.6) is 5.75 Å². The third-order valence-electron chi connectivity index (χ3n) is 2.60. The Morgan fingerprint density at radius 3 is 2.22 bits per heavy atom. The lowest BCUT2D eigenvalue weighted by Gasteiger charge is -2.15. The van der Waals surface area contributed by atoms with Crippen LogP contribution in [0, 0.1) is 0 Å². The van der Waals surface area contributed by atoms with Crippen molar-refractivity contribution in [3.63, 3.8) is 0 Å². The van der Waals surface area contributed by atoms with Crippen LogP contribution in [-0.2, 0) is 0 Å². The summed E-state index contributed by atoms with van der Waals surface area (Å²) in [6.07, 6.45) is 0. The van der Waals surface area contributed by atoms with Crippen molar-refractivity contribution in [2.24, 2.45) is 9.98 Å². The SMILES string of the molecule is CC(C)(O)C1=NC(c2cc(Br)c(O)c(Br)c2)=NC1. The van der Waals surface area contributed by atoms with Crippen LogP contribution in [0.3, 0.4) is 0 Å². The van der Waals surface area contributed by atoms with Crippen LogP contribution < -0.4 is 0 Å². The highest BCUT2D eigenvalue weighted by Gasteiger charge is 2.25. The Hall–Kier alpha value is -0.720. The molecule has 0 radical (unpaired) electrons. The summed E-state index contributed by atoms with van der Waals surface area (Å²) in [6.45, 7) is 3.77. The van der Waals surface area contributed by atoms with Gasteiger partial charge in [0.2, 0.25) is 0 Å². The summed E-state index contributed by atoms with van der Waals surface area (Å²) in [5, 5.41) is 19.5. The van der Waals surface area contributed by atoms with E-state index in [1.54, 1.807) is 26.0 Å². The van der Waals surface area contributed by atoms with E-state index < -0.39 is 5.60 Å². The van der Waals surface area contributed by atoms with E-state index in [4.69, 9.17) is 0 Å². The number of hydrogen-bond donors (Lipinski definition) is 2. The Morgan fingerprint density at radius 1 is 1.22 bits per heavy atom. The monoisotopic (exact) mass is 374 g/mol. The van der Waals surface area contributed by atoms with Crippen molar-refractivity contribution in [2.45, 2.75) is 19.4 Å². The van der Waals surface area contributed by atoms with Crippen molar-refractivity contribution in [1.29, 1.82) is 0 Å². The predicted molar refractivity (Wildman–Crippen MR) is 78.6 cm³/mol. The lowest BCUT2D eigenvalue weighted by molar-refractivity contribution is 0.153. The minimum absolute atomic E-state index is 0.143. The zero-order valence-corrected chi connectivity index (χ0v) is 13.1. The van der Waals surface area contributed by atoms with E-state index >= 15 is 0 Å². The van der Waals surface area contributed by atoms with Gasteiger partial charge in [0.15, 0.2) is 5.84 Å². The molecule has 0 aromatic heterocycles. The topological polar surface area (TPSA) is 65.2 Å². The van der Waals surface area contributed by atoms with Crippen LogP contribution in [-0.4, -0.2) is 33.9 Å². The molecule has 0 bridgehead atoms. The summed E-state index contributed by atoms with van der Waals surface area (Å²) in [7, 11) is 0. The van der Waals surface area contributed by atoms with Gasteiger partial charge >= 0.3 is 0 Å². The van der Waals surface area contributed by atoms with Gasteiger partial charge in [0.1, 0.15) is 5.75 Å². The molecule has 1 aromatic carbocycles. The van der Waals surface area contributed by atoms with Crippen LogP contribution in [0.15, 0.2) is 31.1 Å². The Bertz CT molecular complexity index is 537. The molecule has 0 fully saturated rings. The van der Waals surface area contributed by atoms with Gasteiger partial charge < -0.3 is 10.2 Å². The maximum Gasteiger partial charge on any atom is 0.155 e. The van der Waals surface area contributed by atoms with E-state index in [1.807, 2.05) is 0 Å². The number of phenols is 1. The first kappa shape index (κ1) is 13.7. The Balaban J connectivity index is 2.38. The first-order valence-corrected chi connectivity index (χ1v) is 6.91. The minimum atomic E-state index is -0.962. The molecule has 96 valence electrons. The van der Waals surface area contributed by atoms with Crippen molar-refractivity contribution >= 4 is 43.4 Å². The molecule has 0 saturated carbocycles. The van der Waals surface area contributed by atoms with Crippen molar-refractivity contribution in [3.05, 3.63) is 26.6 Å². The van der Waals surface area contributed by atoms with Crippen molar-refractivity contribution < 1.29 is 10.2 Å². The third kappa shape index (κ3) is 2.65. The van der Waals surface area contributed by atoms with Crippen LogP contribution in [0.1, 0.15) is 19.4 Å². The lowest BCUT2D eigenvalue weighted by atomic mass is 10.0. The van der Waals surface area contributed by atoms with E-state index in [1.165, 1.54) is 0 Å². The summed E-state index contributed by atoms with van der Waals surface area (Å²) in [4.78, 5) is 8.63. The van der Waals surface area contributed by atoms with E-state index in [0.717, 1.165) is 5.56 Å². The lowest BCUT2D eigenvalue weighted by Crippen LogP contribution is -2.32. The maximum absolute atomic E-state index is 9.87. The third-order valence-corrected chi connectivity index (χ3v) is 3.81. The second kappa shape index (κ2) is 4.75. The summed E-state index contributed by atoms with van der Waals surface area (Å²) in [5.41, 5.74) is 0.458. The van der Waals surface area contributed by atoms with E-state index in [2.05, 4.69) is 41.8 Å². The molecule has 18 heavy (non-hydrogen) atoms. The van der Waals surface area contributed by atoms with Gasteiger partial charge in [-0.25, -0.2) is 4.99 Å². The van der Waals surface area contributed by atoms with E-state index in [9.17, 15) is 10.2 Å². The fourth-order valence-electron chi connectivity index (χ4n) is 1.53. The molecule has 6 heteroatoms. The smallest absolute Gasteiger partial charge is 0.155 e. The van der Waals surface area contributed by atoms with E-state index in [-0.39, 0.29) is 5.75 Å². The van der Waals surface area contributed by atoms with Gasteiger partial charge in [0, 0.05) is 5.56 Å². The number of hydrogen-bond acceptors (Lipinski definition) is 4. The molecule has 0 amide bonds. The molecule has 0 spiro atoms. The largest absolute Gasteiger partial charge is 0.506 e. The average molecular weight is 376 g/mol. The molecule has 0 aliphatic carbocycles. The minimum Gasteiger partial charge on any atom is -0.506 e. The van der Waals surface area contributed by atoms with Crippen LogP contribution >= 0.6 is 31.9 Å². The molecule has 2 rings (SSSR count). The van der Waals surface area contributed by atoms with Gasteiger partial charge in [-0.2, -0.15) is 0 Å². The first-order chi connectivity index (χ1) is 8.29. The van der Waals surface area contributed by atoms with Crippen molar-refractivity contribution in [2.75, 3.05) is 6.54 Å². The van der Waals surface area contributed by atoms with Gasteiger partial charge in [-0.1, -0.05) is 0 Å². The molecule has 0 atom stereocenters. The second-order valence-electron chi connectivity index (χ2n) is 4.55. The first-order valence-electron chi connectivity index (χ1n) is 5.32. The summed E-state index contributed by atoms with van der Waals surface area (Å²) in [6, 6.07) is 3.49. The average Bonchev–Trinajstić information content (AvgIpc) is 2.73. The predicted octanol–water partition coefficient (Wildman–Crippen LogP) is 2.89. The quantitative estimate of drug-likeness (QED) is 0.834. The number of rotatable bonds is 2. The number of aliphatic hydroxyl groups is 1. The molecule has 0 saturated heterocycles. The summed E-state index contributed by atoms with van der Waals surface area (Å²) in [5.74, 6) is 0.706. The molecule has 0 unspecified atom stereocenters. The number of aliphatic imine (C=N–C) groups is 2. The standard InChI is InChI=1S/C12H12Br2N2O2/c1-12(2,18)9-5-15-11(16-9)6-3-7(13)10(17)8(14)4-6/h3-4,17-18H,5H2,1-2H3. The highest BCUT2D eigenvalue weighted by atomic mass is 79.9. The van der Waals surface area contributed by atoms with Crippen LogP contribution in [0.4, 0.5) is 0 Å². The van der Waals surface area contributed by atoms with Crippen LogP contribution in [0.2, 0.25) is 0 Å². The molecule has 1 heterocycles. The number of nitrogens with zero attached hydrogens (tertiary/aromatic N) is 2. The molecule has 1 aromatic rings. The molecule has 1 aliphatic heterocycles. The molecular weight excluding hydrogens is 364 g/mol. The van der Waals surface area contributed by atoms with Gasteiger partial charge in [0.05, 0.1) is 26.8 Å². The zero-order chi connectivity index (χ0) is 13.5. The number of aromatic hydroxyl groups is 1. The maximum atomic E-state index is 9.87. The molecular formula is C12H12Br2N2O2. The fraction of sp³-hybridized carbons (Fsp3) is 0.333. The fourth-order valence-corrected chi connectivity index (χ4v) is 2.72. The number of benzene rings is 1. The molecule has 1 aliphatic rings. The molecule has 4 nitrogen and oxygen atoms in total. The second-order valence-corrected chi connectivity index (χ2v) is 6.25. The van der Waals surface area contributed by atoms with E-state index in [0.29, 0.717) is 27.0 Å². The van der Waals surface area contributed by atoms with Gasteiger partial charge in [-0.15, -0.1) is 0 Å². The van der Waals surface area contributed by atoms with Crippen molar-refractivity contribution in [3.8, 4) is 5.75 Å².